The van der Waals surface area contributed by atoms with E-state index in [0.29, 0.717) is 25.9 Å². The van der Waals surface area contributed by atoms with Crippen LogP contribution in [-0.4, -0.2) is 29.8 Å². The number of anilines is 1. The highest BCUT2D eigenvalue weighted by Crippen LogP contribution is 2.25. The van der Waals surface area contributed by atoms with Crippen molar-refractivity contribution in [3.05, 3.63) is 29.6 Å². The molecule has 0 atom stereocenters. The largest absolute Gasteiger partial charge is 0.342 e. The second kappa shape index (κ2) is 6.69. The Bertz CT molecular complexity index is 600. The number of hydrogen-bond donors (Lipinski definition) is 1. The first-order valence-electron chi connectivity index (χ1n) is 8.05. The molecule has 23 heavy (non-hydrogen) atoms. The van der Waals surface area contributed by atoms with Gasteiger partial charge in [0, 0.05) is 24.4 Å². The lowest BCUT2D eigenvalue weighted by Gasteiger charge is -2.35. The maximum Gasteiger partial charge on any atom is 0.227 e. The number of nitrogens with zero attached hydrogens (tertiary/aromatic N) is 1. The number of benzene rings is 1. The zero-order valence-electron chi connectivity index (χ0n) is 14.3. The first-order chi connectivity index (χ1) is 10.7. The van der Waals surface area contributed by atoms with Crippen LogP contribution in [0.25, 0.3) is 0 Å². The molecule has 2 amide bonds. The number of hydrogen-bond acceptors (Lipinski definition) is 2. The second-order valence-corrected chi connectivity index (χ2v) is 7.29. The number of carbonyl (C=O) groups excluding carboxylic acids is 2. The lowest BCUT2D eigenvalue weighted by atomic mass is 9.90. The van der Waals surface area contributed by atoms with Crippen molar-refractivity contribution in [2.45, 2.75) is 40.5 Å². The van der Waals surface area contributed by atoms with Crippen LogP contribution in [0.4, 0.5) is 10.1 Å². The molecule has 5 heteroatoms. The normalized spacial score (nSPS) is 16.3. The van der Waals surface area contributed by atoms with Crippen LogP contribution in [0.15, 0.2) is 18.2 Å². The zero-order valence-corrected chi connectivity index (χ0v) is 14.3. The molecule has 1 aromatic carbocycles. The van der Waals surface area contributed by atoms with Crippen molar-refractivity contribution in [2.75, 3.05) is 18.4 Å². The van der Waals surface area contributed by atoms with Gasteiger partial charge in [0.15, 0.2) is 0 Å². The fourth-order valence-corrected chi connectivity index (χ4v) is 2.79. The van der Waals surface area contributed by atoms with Gasteiger partial charge < -0.3 is 10.2 Å². The van der Waals surface area contributed by atoms with Gasteiger partial charge in [0.2, 0.25) is 11.8 Å². The van der Waals surface area contributed by atoms with Gasteiger partial charge in [0.1, 0.15) is 5.82 Å². The standard InChI is InChI=1S/C18H25FN2O2/c1-12-5-6-14(19)15(11-12)20-16(22)13-7-9-21(10-8-13)17(23)18(2,3)4/h5-6,11,13H,7-10H2,1-4H3,(H,20,22). The SMILES string of the molecule is Cc1ccc(F)c(NC(=O)C2CCN(C(=O)C(C)(C)C)CC2)c1. The van der Waals surface area contributed by atoms with E-state index in [4.69, 9.17) is 0 Å². The van der Waals surface area contributed by atoms with Crippen LogP contribution >= 0.6 is 0 Å². The van der Waals surface area contributed by atoms with Crippen molar-refractivity contribution >= 4 is 17.5 Å². The summed E-state index contributed by atoms with van der Waals surface area (Å²) in [5, 5.41) is 2.68. The summed E-state index contributed by atoms with van der Waals surface area (Å²) in [6, 6.07) is 4.66. The van der Waals surface area contributed by atoms with E-state index >= 15 is 0 Å². The molecule has 1 aromatic rings. The molecule has 0 radical (unpaired) electrons. The maximum atomic E-state index is 13.7. The lowest BCUT2D eigenvalue weighted by molar-refractivity contribution is -0.142. The smallest absolute Gasteiger partial charge is 0.227 e. The third-order valence-corrected chi connectivity index (χ3v) is 4.17. The molecular formula is C18H25FN2O2. The highest BCUT2D eigenvalue weighted by atomic mass is 19.1. The quantitative estimate of drug-likeness (QED) is 0.908. The molecule has 0 unspecified atom stereocenters. The molecule has 0 saturated carbocycles. The minimum Gasteiger partial charge on any atom is -0.342 e. The predicted octanol–water partition coefficient (Wildman–Crippen LogP) is 3.36. The van der Waals surface area contributed by atoms with Crippen molar-refractivity contribution < 1.29 is 14.0 Å². The molecule has 2 rings (SSSR count). The molecule has 1 heterocycles. The predicted molar refractivity (Wildman–Crippen MR) is 88.5 cm³/mol. The average Bonchev–Trinajstić information content (AvgIpc) is 2.49. The third kappa shape index (κ3) is 4.30. The molecule has 126 valence electrons. The first kappa shape index (κ1) is 17.4. The monoisotopic (exact) mass is 320 g/mol. The van der Waals surface area contributed by atoms with Crippen LogP contribution in [0.3, 0.4) is 0 Å². The highest BCUT2D eigenvalue weighted by Gasteiger charge is 2.32. The Morgan fingerprint density at radius 2 is 1.83 bits per heavy atom. The fraction of sp³-hybridized carbons (Fsp3) is 0.556. The number of rotatable bonds is 2. The summed E-state index contributed by atoms with van der Waals surface area (Å²) in [6.45, 7) is 8.69. The van der Waals surface area contributed by atoms with E-state index in [0.717, 1.165) is 5.56 Å². The molecule has 1 saturated heterocycles. The Hall–Kier alpha value is -1.91. The summed E-state index contributed by atoms with van der Waals surface area (Å²) in [7, 11) is 0. The van der Waals surface area contributed by atoms with Crippen LogP contribution in [0.1, 0.15) is 39.2 Å². The molecule has 1 aliphatic heterocycles. The van der Waals surface area contributed by atoms with E-state index in [9.17, 15) is 14.0 Å². The molecule has 0 aromatic heterocycles. The molecule has 1 N–H and O–H groups in total. The second-order valence-electron chi connectivity index (χ2n) is 7.29. The van der Waals surface area contributed by atoms with Gasteiger partial charge in [-0.05, 0) is 37.5 Å². The number of piperidine rings is 1. The van der Waals surface area contributed by atoms with Gasteiger partial charge in [0.05, 0.1) is 5.69 Å². The minimum absolute atomic E-state index is 0.112. The van der Waals surface area contributed by atoms with Gasteiger partial charge in [-0.1, -0.05) is 26.8 Å². The van der Waals surface area contributed by atoms with Crippen LogP contribution in [0, 0.1) is 24.1 Å². The van der Waals surface area contributed by atoms with E-state index in [1.807, 2.05) is 32.6 Å². The van der Waals surface area contributed by atoms with Crippen LogP contribution in [0.5, 0.6) is 0 Å². The van der Waals surface area contributed by atoms with Gasteiger partial charge in [-0.2, -0.15) is 0 Å². The average molecular weight is 320 g/mol. The van der Waals surface area contributed by atoms with E-state index in [-0.39, 0.29) is 23.4 Å². The number of halogens is 1. The Labute approximate surface area is 137 Å². The molecule has 0 spiro atoms. The highest BCUT2D eigenvalue weighted by molar-refractivity contribution is 5.93. The van der Waals surface area contributed by atoms with E-state index < -0.39 is 11.2 Å². The van der Waals surface area contributed by atoms with E-state index in [2.05, 4.69) is 5.32 Å². The minimum atomic E-state index is -0.427. The molecule has 0 aliphatic carbocycles. The van der Waals surface area contributed by atoms with Gasteiger partial charge in [0.25, 0.3) is 0 Å². The number of likely N-dealkylation sites (tertiary alicyclic amines) is 1. The Morgan fingerprint density at radius 3 is 2.39 bits per heavy atom. The first-order valence-corrected chi connectivity index (χ1v) is 8.05. The molecule has 1 fully saturated rings. The van der Waals surface area contributed by atoms with Crippen molar-refractivity contribution in [1.82, 2.24) is 4.90 Å². The molecule has 0 bridgehead atoms. The summed E-state index contributed by atoms with van der Waals surface area (Å²) in [5.74, 6) is -0.665. The number of amides is 2. The summed E-state index contributed by atoms with van der Waals surface area (Å²) in [4.78, 5) is 26.4. The van der Waals surface area contributed by atoms with Crippen LogP contribution in [-0.2, 0) is 9.59 Å². The summed E-state index contributed by atoms with van der Waals surface area (Å²) >= 11 is 0. The number of nitrogens with one attached hydrogen (secondary N) is 1. The summed E-state index contributed by atoms with van der Waals surface area (Å²) in [6.07, 6.45) is 1.22. The van der Waals surface area contributed by atoms with Crippen molar-refractivity contribution in [1.29, 1.82) is 0 Å². The summed E-state index contributed by atoms with van der Waals surface area (Å²) in [5.41, 5.74) is 0.718. The van der Waals surface area contributed by atoms with Crippen molar-refractivity contribution in [2.24, 2.45) is 11.3 Å². The zero-order chi connectivity index (χ0) is 17.2. The van der Waals surface area contributed by atoms with E-state index in [1.165, 1.54) is 6.07 Å². The summed E-state index contributed by atoms with van der Waals surface area (Å²) < 4.78 is 13.7. The van der Waals surface area contributed by atoms with Crippen molar-refractivity contribution in [3.8, 4) is 0 Å². The van der Waals surface area contributed by atoms with Crippen molar-refractivity contribution in [3.63, 3.8) is 0 Å². The maximum absolute atomic E-state index is 13.7. The topological polar surface area (TPSA) is 49.4 Å². The molecule has 1 aliphatic rings. The Morgan fingerprint density at radius 1 is 1.22 bits per heavy atom. The number of aryl methyl sites for hydroxylation is 1. The third-order valence-electron chi connectivity index (χ3n) is 4.17. The van der Waals surface area contributed by atoms with Crippen LogP contribution < -0.4 is 5.32 Å². The Balaban J connectivity index is 1.94. The van der Waals surface area contributed by atoms with Gasteiger partial charge in [-0.15, -0.1) is 0 Å². The van der Waals surface area contributed by atoms with Gasteiger partial charge in [-0.25, -0.2) is 4.39 Å². The van der Waals surface area contributed by atoms with E-state index in [1.54, 1.807) is 12.1 Å². The Kier molecular flexibility index (Phi) is 5.07. The van der Waals surface area contributed by atoms with Gasteiger partial charge in [-0.3, -0.25) is 9.59 Å². The lowest BCUT2D eigenvalue weighted by Crippen LogP contribution is -2.45. The molecule has 4 nitrogen and oxygen atoms in total. The van der Waals surface area contributed by atoms with Crippen LogP contribution in [0.2, 0.25) is 0 Å². The number of carbonyl (C=O) groups is 2. The van der Waals surface area contributed by atoms with Gasteiger partial charge >= 0.3 is 0 Å². The fourth-order valence-electron chi connectivity index (χ4n) is 2.79. The molecular weight excluding hydrogens is 295 g/mol.